The van der Waals surface area contributed by atoms with Crippen molar-refractivity contribution in [2.75, 3.05) is 5.73 Å². The number of rotatable bonds is 2. The lowest BCUT2D eigenvalue weighted by Gasteiger charge is -2.07. The molecule has 1 aromatic heterocycles. The molecule has 102 valence electrons. The lowest BCUT2D eigenvalue weighted by atomic mass is 10.2. The first-order chi connectivity index (χ1) is 9.54. The lowest BCUT2D eigenvalue weighted by molar-refractivity contribution is 0.627. The van der Waals surface area contributed by atoms with Crippen LogP contribution in [0.15, 0.2) is 36.4 Å². The average molecular weight is 310 g/mol. The second kappa shape index (κ2) is 4.96. The number of aromatic nitrogens is 2. The van der Waals surface area contributed by atoms with E-state index >= 15 is 0 Å². The fourth-order valence-corrected chi connectivity index (χ4v) is 2.48. The molecule has 0 unspecified atom stereocenters. The van der Waals surface area contributed by atoms with Gasteiger partial charge in [0.2, 0.25) is 5.95 Å². The van der Waals surface area contributed by atoms with Crippen molar-refractivity contribution in [3.63, 3.8) is 0 Å². The van der Waals surface area contributed by atoms with Crippen molar-refractivity contribution < 1.29 is 4.39 Å². The molecule has 3 aromatic rings. The maximum absolute atomic E-state index is 13.2. The van der Waals surface area contributed by atoms with Gasteiger partial charge >= 0.3 is 0 Å². The van der Waals surface area contributed by atoms with E-state index in [0.717, 1.165) is 16.6 Å². The summed E-state index contributed by atoms with van der Waals surface area (Å²) in [7, 11) is 0. The van der Waals surface area contributed by atoms with Gasteiger partial charge in [-0.1, -0.05) is 29.3 Å². The SMILES string of the molecule is Nc1nc2cc(Cl)ccc2n1Cc1ccc(F)c(Cl)c1. The molecule has 0 spiro atoms. The summed E-state index contributed by atoms with van der Waals surface area (Å²) in [4.78, 5) is 4.26. The molecule has 0 saturated carbocycles. The number of hydrogen-bond donors (Lipinski definition) is 1. The molecule has 0 radical (unpaired) electrons. The molecule has 0 aliphatic carbocycles. The molecule has 0 atom stereocenters. The first kappa shape index (κ1) is 13.2. The van der Waals surface area contributed by atoms with Crippen LogP contribution in [0.3, 0.4) is 0 Å². The van der Waals surface area contributed by atoms with E-state index in [1.807, 2.05) is 10.6 Å². The van der Waals surface area contributed by atoms with Crippen LogP contribution in [0.25, 0.3) is 11.0 Å². The topological polar surface area (TPSA) is 43.8 Å². The minimum absolute atomic E-state index is 0.0912. The zero-order chi connectivity index (χ0) is 14.3. The summed E-state index contributed by atoms with van der Waals surface area (Å²) in [6.45, 7) is 0.462. The highest BCUT2D eigenvalue weighted by Crippen LogP contribution is 2.24. The molecule has 0 amide bonds. The van der Waals surface area contributed by atoms with Gasteiger partial charge in [-0.2, -0.15) is 0 Å². The molecule has 0 fully saturated rings. The van der Waals surface area contributed by atoms with Crippen LogP contribution in [0, 0.1) is 5.82 Å². The summed E-state index contributed by atoms with van der Waals surface area (Å²) in [5, 5.41) is 0.695. The average Bonchev–Trinajstić information content (AvgIpc) is 2.69. The first-order valence-corrected chi connectivity index (χ1v) is 6.65. The summed E-state index contributed by atoms with van der Waals surface area (Å²) in [5.41, 5.74) is 8.36. The van der Waals surface area contributed by atoms with Crippen molar-refractivity contribution in [1.29, 1.82) is 0 Å². The van der Waals surface area contributed by atoms with Crippen LogP contribution < -0.4 is 5.73 Å². The van der Waals surface area contributed by atoms with Crippen LogP contribution in [-0.2, 0) is 6.54 Å². The van der Waals surface area contributed by atoms with Gasteiger partial charge in [0.05, 0.1) is 22.6 Å². The highest BCUT2D eigenvalue weighted by molar-refractivity contribution is 6.31. The van der Waals surface area contributed by atoms with Crippen LogP contribution in [0.1, 0.15) is 5.56 Å². The largest absolute Gasteiger partial charge is 0.369 e. The maximum atomic E-state index is 13.2. The second-order valence-electron chi connectivity index (χ2n) is 4.44. The van der Waals surface area contributed by atoms with Crippen molar-refractivity contribution in [3.8, 4) is 0 Å². The van der Waals surface area contributed by atoms with Crippen molar-refractivity contribution in [3.05, 3.63) is 57.8 Å². The van der Waals surface area contributed by atoms with Crippen molar-refractivity contribution >= 4 is 40.2 Å². The number of nitrogen functional groups attached to an aromatic ring is 1. The Labute approximate surface area is 124 Å². The number of nitrogens with zero attached hydrogens (tertiary/aromatic N) is 2. The molecule has 2 aromatic carbocycles. The first-order valence-electron chi connectivity index (χ1n) is 5.90. The molecule has 3 rings (SSSR count). The van der Waals surface area contributed by atoms with Crippen molar-refractivity contribution in [2.24, 2.45) is 0 Å². The third kappa shape index (κ3) is 2.32. The van der Waals surface area contributed by atoms with Gasteiger partial charge < -0.3 is 10.3 Å². The highest BCUT2D eigenvalue weighted by Gasteiger charge is 2.10. The lowest BCUT2D eigenvalue weighted by Crippen LogP contribution is -2.04. The Hall–Kier alpha value is -1.78. The van der Waals surface area contributed by atoms with Gasteiger partial charge in [-0.25, -0.2) is 9.37 Å². The molecule has 3 nitrogen and oxygen atoms in total. The Morgan fingerprint density at radius 3 is 2.70 bits per heavy atom. The number of imidazole rings is 1. The number of nitrogens with two attached hydrogens (primary N) is 1. The fourth-order valence-electron chi connectivity index (χ4n) is 2.11. The van der Waals surface area contributed by atoms with Gasteiger partial charge in [0.1, 0.15) is 5.82 Å². The maximum Gasteiger partial charge on any atom is 0.201 e. The molecule has 0 aliphatic rings. The predicted molar refractivity (Wildman–Crippen MR) is 79.7 cm³/mol. The molecular formula is C14H10Cl2FN3. The Bertz CT molecular complexity index is 798. The smallest absolute Gasteiger partial charge is 0.201 e. The molecular weight excluding hydrogens is 300 g/mol. The van der Waals surface area contributed by atoms with E-state index in [1.165, 1.54) is 6.07 Å². The van der Waals surface area contributed by atoms with E-state index in [1.54, 1.807) is 24.3 Å². The Morgan fingerprint density at radius 1 is 1.15 bits per heavy atom. The number of hydrogen-bond acceptors (Lipinski definition) is 2. The summed E-state index contributed by atoms with van der Waals surface area (Å²) >= 11 is 11.7. The van der Waals surface area contributed by atoms with Gasteiger partial charge in [-0.3, -0.25) is 0 Å². The molecule has 20 heavy (non-hydrogen) atoms. The molecule has 0 bridgehead atoms. The zero-order valence-electron chi connectivity index (χ0n) is 10.3. The molecule has 0 aliphatic heterocycles. The van der Waals surface area contributed by atoms with Gasteiger partial charge in [0.15, 0.2) is 0 Å². The van der Waals surface area contributed by atoms with E-state index in [2.05, 4.69) is 4.98 Å². The molecule has 6 heteroatoms. The molecule has 1 heterocycles. The monoisotopic (exact) mass is 309 g/mol. The van der Waals surface area contributed by atoms with Gasteiger partial charge in [0, 0.05) is 5.02 Å². The number of halogens is 3. The van der Waals surface area contributed by atoms with E-state index in [4.69, 9.17) is 28.9 Å². The third-order valence-corrected chi connectivity index (χ3v) is 3.59. The predicted octanol–water partition coefficient (Wildman–Crippen LogP) is 4.11. The number of anilines is 1. The van der Waals surface area contributed by atoms with Crippen molar-refractivity contribution in [2.45, 2.75) is 6.54 Å². The third-order valence-electron chi connectivity index (χ3n) is 3.06. The standard InChI is InChI=1S/C14H10Cl2FN3/c15-9-2-4-13-12(6-9)19-14(18)20(13)7-8-1-3-11(17)10(16)5-8/h1-6H,7H2,(H2,18,19). The van der Waals surface area contributed by atoms with E-state index in [9.17, 15) is 4.39 Å². The quantitative estimate of drug-likeness (QED) is 0.774. The van der Waals surface area contributed by atoms with Crippen LogP contribution in [0.4, 0.5) is 10.3 Å². The number of fused-ring (bicyclic) bond motifs is 1. The van der Waals surface area contributed by atoms with E-state index < -0.39 is 5.82 Å². The van der Waals surface area contributed by atoms with Gasteiger partial charge in [-0.15, -0.1) is 0 Å². The summed E-state index contributed by atoms with van der Waals surface area (Å²) in [6, 6.07) is 9.97. The van der Waals surface area contributed by atoms with Gasteiger partial charge in [-0.05, 0) is 35.9 Å². The van der Waals surface area contributed by atoms with Gasteiger partial charge in [0.25, 0.3) is 0 Å². The molecule has 0 saturated heterocycles. The van der Waals surface area contributed by atoms with Crippen LogP contribution in [0.5, 0.6) is 0 Å². The minimum atomic E-state index is -0.439. The van der Waals surface area contributed by atoms with Crippen LogP contribution in [-0.4, -0.2) is 9.55 Å². The summed E-state index contributed by atoms with van der Waals surface area (Å²) in [5.74, 6) is -0.0617. The highest BCUT2D eigenvalue weighted by atomic mass is 35.5. The molecule has 2 N–H and O–H groups in total. The van der Waals surface area contributed by atoms with Crippen LogP contribution in [0.2, 0.25) is 10.0 Å². The Kier molecular flexibility index (Phi) is 3.28. The zero-order valence-corrected chi connectivity index (χ0v) is 11.8. The van der Waals surface area contributed by atoms with Crippen molar-refractivity contribution in [1.82, 2.24) is 9.55 Å². The Morgan fingerprint density at radius 2 is 1.95 bits per heavy atom. The van der Waals surface area contributed by atoms with E-state index in [-0.39, 0.29) is 5.02 Å². The van der Waals surface area contributed by atoms with Crippen LogP contribution >= 0.6 is 23.2 Å². The minimum Gasteiger partial charge on any atom is -0.369 e. The summed E-state index contributed by atoms with van der Waals surface area (Å²) < 4.78 is 15.0. The second-order valence-corrected chi connectivity index (χ2v) is 5.28. The fraction of sp³-hybridized carbons (Fsp3) is 0.0714. The normalized spacial score (nSPS) is 11.2. The Balaban J connectivity index is 2.05. The van der Waals surface area contributed by atoms with E-state index in [0.29, 0.717) is 17.5 Å². The number of benzene rings is 2. The summed E-state index contributed by atoms with van der Waals surface area (Å²) in [6.07, 6.45) is 0.